The normalized spacial score (nSPS) is 10.8. The highest BCUT2D eigenvalue weighted by atomic mass is 32.2. The largest absolute Gasteiger partial charge is 0.339 e. The lowest BCUT2D eigenvalue weighted by Crippen LogP contribution is -2.32. The Bertz CT molecular complexity index is 975. The van der Waals surface area contributed by atoms with E-state index in [0.29, 0.717) is 9.52 Å². The topological polar surface area (TPSA) is 38.1 Å². The van der Waals surface area contributed by atoms with Crippen LogP contribution in [-0.2, 0) is 5.75 Å². The smallest absolute Gasteiger partial charge is 0.253 e. The molecule has 0 saturated carbocycles. The van der Waals surface area contributed by atoms with Crippen LogP contribution >= 0.6 is 35.3 Å². The molecule has 0 unspecified atom stereocenters. The van der Waals surface area contributed by atoms with Crippen LogP contribution < -0.4 is 0 Å². The standard InChI is InChI=1S/C22H25N3OS3/c1-3-14-24(15-4-2)20(26)18-10-12-19(13-11-18)25-22(27)29-21(23-25)28-16-17-8-6-5-7-9-17/h5-13H,3-4,14-16H2,1-2H3. The summed E-state index contributed by atoms with van der Waals surface area (Å²) in [7, 11) is 0. The summed E-state index contributed by atoms with van der Waals surface area (Å²) in [6.07, 6.45) is 1.92. The van der Waals surface area contributed by atoms with E-state index in [-0.39, 0.29) is 5.91 Å². The molecule has 0 aliphatic carbocycles. The van der Waals surface area contributed by atoms with E-state index in [1.165, 1.54) is 16.9 Å². The monoisotopic (exact) mass is 443 g/mol. The number of rotatable bonds is 9. The molecule has 0 aliphatic rings. The molecule has 0 radical (unpaired) electrons. The van der Waals surface area contributed by atoms with Crippen molar-refractivity contribution in [3.63, 3.8) is 0 Å². The molecule has 0 aliphatic heterocycles. The van der Waals surface area contributed by atoms with Crippen LogP contribution in [0, 0.1) is 3.95 Å². The molecular weight excluding hydrogens is 418 g/mol. The first kappa shape index (κ1) is 21.7. The molecular formula is C22H25N3OS3. The third kappa shape index (κ3) is 5.78. The zero-order valence-corrected chi connectivity index (χ0v) is 19.2. The number of hydrogen-bond donors (Lipinski definition) is 0. The van der Waals surface area contributed by atoms with Crippen LogP contribution in [0.5, 0.6) is 0 Å². The van der Waals surface area contributed by atoms with Gasteiger partial charge in [-0.1, -0.05) is 67.3 Å². The SMILES string of the molecule is CCCN(CCC)C(=O)c1ccc(-n2nc(SCc3ccccc3)sc2=S)cc1. The van der Waals surface area contributed by atoms with Crippen molar-refractivity contribution < 1.29 is 4.79 Å². The van der Waals surface area contributed by atoms with E-state index in [1.807, 2.05) is 47.4 Å². The van der Waals surface area contributed by atoms with E-state index in [4.69, 9.17) is 12.2 Å². The minimum atomic E-state index is 0.0845. The Labute approximate surface area is 185 Å². The molecule has 1 aromatic heterocycles. The molecule has 7 heteroatoms. The summed E-state index contributed by atoms with van der Waals surface area (Å²) < 4.78 is 3.42. The third-order valence-corrected chi connectivity index (χ3v) is 6.80. The number of benzene rings is 2. The van der Waals surface area contributed by atoms with Gasteiger partial charge in [0, 0.05) is 24.4 Å². The quantitative estimate of drug-likeness (QED) is 0.291. The van der Waals surface area contributed by atoms with Gasteiger partial charge in [0.05, 0.1) is 5.69 Å². The molecule has 0 bridgehead atoms. The highest BCUT2D eigenvalue weighted by Gasteiger charge is 2.14. The summed E-state index contributed by atoms with van der Waals surface area (Å²) in [4.78, 5) is 14.7. The van der Waals surface area contributed by atoms with Gasteiger partial charge in [0.1, 0.15) is 0 Å². The maximum Gasteiger partial charge on any atom is 0.253 e. The fourth-order valence-electron chi connectivity index (χ4n) is 2.98. The number of aromatic nitrogens is 2. The summed E-state index contributed by atoms with van der Waals surface area (Å²) in [5.74, 6) is 0.947. The molecule has 2 aromatic carbocycles. The van der Waals surface area contributed by atoms with Gasteiger partial charge in [-0.2, -0.15) is 0 Å². The predicted octanol–water partition coefficient (Wildman–Crippen LogP) is 6.22. The van der Waals surface area contributed by atoms with E-state index < -0.39 is 0 Å². The maximum atomic E-state index is 12.7. The highest BCUT2D eigenvalue weighted by Crippen LogP contribution is 2.27. The second-order valence-corrected chi connectivity index (χ2v) is 9.50. The van der Waals surface area contributed by atoms with Crippen molar-refractivity contribution in [1.29, 1.82) is 0 Å². The Morgan fingerprint density at radius 3 is 2.34 bits per heavy atom. The lowest BCUT2D eigenvalue weighted by atomic mass is 10.1. The average Bonchev–Trinajstić information content (AvgIpc) is 3.13. The lowest BCUT2D eigenvalue weighted by Gasteiger charge is -2.21. The van der Waals surface area contributed by atoms with E-state index in [1.54, 1.807) is 16.4 Å². The predicted molar refractivity (Wildman–Crippen MR) is 125 cm³/mol. The molecule has 3 rings (SSSR count). The van der Waals surface area contributed by atoms with Crippen LogP contribution in [0.4, 0.5) is 0 Å². The van der Waals surface area contributed by atoms with E-state index >= 15 is 0 Å². The first-order valence-corrected chi connectivity index (χ1v) is 12.0. The van der Waals surface area contributed by atoms with Gasteiger partial charge < -0.3 is 4.90 Å². The lowest BCUT2D eigenvalue weighted by molar-refractivity contribution is 0.0755. The number of amides is 1. The van der Waals surface area contributed by atoms with Gasteiger partial charge in [0.15, 0.2) is 8.29 Å². The molecule has 4 nitrogen and oxygen atoms in total. The Hall–Kier alpha value is -1.96. The molecule has 1 heterocycles. The van der Waals surface area contributed by atoms with Crippen molar-refractivity contribution >= 4 is 41.2 Å². The van der Waals surface area contributed by atoms with Crippen LogP contribution in [-0.4, -0.2) is 33.7 Å². The Morgan fingerprint density at radius 1 is 1.07 bits per heavy atom. The van der Waals surface area contributed by atoms with Gasteiger partial charge in [-0.3, -0.25) is 4.79 Å². The number of thioether (sulfide) groups is 1. The molecule has 0 spiro atoms. The number of carbonyl (C=O) groups excluding carboxylic acids is 1. The van der Waals surface area contributed by atoms with Crippen molar-refractivity contribution in [3.8, 4) is 5.69 Å². The fourth-order valence-corrected chi connectivity index (χ4v) is 5.30. The van der Waals surface area contributed by atoms with E-state index in [2.05, 4.69) is 31.1 Å². The van der Waals surface area contributed by atoms with Crippen LogP contribution in [0.2, 0.25) is 0 Å². The molecule has 0 N–H and O–H groups in total. The van der Waals surface area contributed by atoms with Gasteiger partial charge in [0.2, 0.25) is 0 Å². The van der Waals surface area contributed by atoms with Crippen molar-refractivity contribution in [2.24, 2.45) is 0 Å². The second-order valence-electron chi connectivity index (χ2n) is 6.66. The summed E-state index contributed by atoms with van der Waals surface area (Å²) in [6, 6.07) is 17.9. The number of carbonyl (C=O) groups is 1. The molecule has 0 atom stereocenters. The summed E-state index contributed by atoms with van der Waals surface area (Å²) in [5, 5.41) is 4.66. The summed E-state index contributed by atoms with van der Waals surface area (Å²) in [6.45, 7) is 5.76. The molecule has 1 amide bonds. The summed E-state index contributed by atoms with van der Waals surface area (Å²) in [5.41, 5.74) is 2.85. The molecule has 29 heavy (non-hydrogen) atoms. The van der Waals surface area contributed by atoms with Crippen molar-refractivity contribution in [2.45, 2.75) is 36.8 Å². The Morgan fingerprint density at radius 2 is 1.72 bits per heavy atom. The first-order valence-electron chi connectivity index (χ1n) is 9.79. The molecule has 152 valence electrons. The molecule has 0 saturated heterocycles. The fraction of sp³-hybridized carbons (Fsp3) is 0.318. The second kappa shape index (κ2) is 10.7. The Balaban J connectivity index is 1.72. The van der Waals surface area contributed by atoms with Gasteiger partial charge in [0.25, 0.3) is 5.91 Å². The zero-order chi connectivity index (χ0) is 20.6. The first-order chi connectivity index (χ1) is 14.1. The van der Waals surface area contributed by atoms with Crippen LogP contribution in [0.1, 0.15) is 42.6 Å². The molecule has 3 aromatic rings. The van der Waals surface area contributed by atoms with Crippen molar-refractivity contribution in [2.75, 3.05) is 13.1 Å². The van der Waals surface area contributed by atoms with Gasteiger partial charge >= 0.3 is 0 Å². The zero-order valence-electron chi connectivity index (χ0n) is 16.7. The van der Waals surface area contributed by atoms with Crippen molar-refractivity contribution in [3.05, 3.63) is 69.7 Å². The minimum absolute atomic E-state index is 0.0845. The number of hydrogen-bond acceptors (Lipinski definition) is 5. The number of nitrogens with zero attached hydrogens (tertiary/aromatic N) is 3. The third-order valence-electron chi connectivity index (χ3n) is 4.37. The maximum absolute atomic E-state index is 12.7. The van der Waals surface area contributed by atoms with E-state index in [0.717, 1.165) is 41.7 Å². The Kier molecular flexibility index (Phi) is 8.03. The molecule has 0 fully saturated rings. The summed E-state index contributed by atoms with van der Waals surface area (Å²) >= 11 is 8.71. The average molecular weight is 444 g/mol. The van der Waals surface area contributed by atoms with E-state index in [9.17, 15) is 4.79 Å². The van der Waals surface area contributed by atoms with Gasteiger partial charge in [-0.05, 0) is 54.9 Å². The minimum Gasteiger partial charge on any atom is -0.339 e. The van der Waals surface area contributed by atoms with Crippen molar-refractivity contribution in [1.82, 2.24) is 14.7 Å². The van der Waals surface area contributed by atoms with Crippen LogP contribution in [0.25, 0.3) is 5.69 Å². The van der Waals surface area contributed by atoms with Crippen LogP contribution in [0.15, 0.2) is 58.9 Å². The van der Waals surface area contributed by atoms with Gasteiger partial charge in [-0.15, -0.1) is 5.10 Å². The van der Waals surface area contributed by atoms with Crippen LogP contribution in [0.3, 0.4) is 0 Å². The van der Waals surface area contributed by atoms with Gasteiger partial charge in [-0.25, -0.2) is 4.68 Å². The highest BCUT2D eigenvalue weighted by molar-refractivity contribution is 8.00.